The van der Waals surface area contributed by atoms with Crippen LogP contribution in [0.5, 0.6) is 5.75 Å². The van der Waals surface area contributed by atoms with E-state index in [0.29, 0.717) is 11.8 Å². The zero-order valence-corrected chi connectivity index (χ0v) is 20.6. The molecule has 32 heavy (non-hydrogen) atoms. The molecule has 1 aliphatic heterocycles. The van der Waals surface area contributed by atoms with Crippen LogP contribution in [0.3, 0.4) is 0 Å². The SMILES string of the molecule is C[B]C(=O)Oc1ccc2c(c1C)[C@]13CCN(C)[C@H](C2)C1(C)CCC(OC(=O)[B]C)C3(C)C. The topological polar surface area (TPSA) is 55.8 Å². The molecule has 1 aromatic rings. The Morgan fingerprint density at radius 3 is 2.44 bits per heavy atom. The van der Waals surface area contributed by atoms with Crippen LogP contribution in [-0.4, -0.2) is 56.9 Å². The van der Waals surface area contributed by atoms with Crippen LogP contribution in [0.25, 0.3) is 0 Å². The highest BCUT2D eigenvalue weighted by molar-refractivity contribution is 6.71. The molecular weight excluding hydrogens is 400 g/mol. The molecule has 5 nitrogen and oxygen atoms in total. The Morgan fingerprint density at radius 2 is 1.78 bits per heavy atom. The minimum absolute atomic E-state index is 0.0274. The molecule has 1 saturated heterocycles. The number of hydrogen-bond donors (Lipinski definition) is 0. The first-order valence-electron chi connectivity index (χ1n) is 11.9. The molecule has 4 atom stereocenters. The molecular formula is C25H35B2NO4. The molecule has 7 heteroatoms. The summed E-state index contributed by atoms with van der Waals surface area (Å²) >= 11 is 0. The monoisotopic (exact) mass is 435 g/mol. The van der Waals surface area contributed by atoms with Crippen LogP contribution in [0, 0.1) is 17.8 Å². The third-order valence-electron chi connectivity index (χ3n) is 9.19. The van der Waals surface area contributed by atoms with Gasteiger partial charge in [0, 0.05) is 16.9 Å². The summed E-state index contributed by atoms with van der Waals surface area (Å²) in [5, 5.41) is 0. The van der Waals surface area contributed by atoms with Crippen molar-refractivity contribution in [2.24, 2.45) is 10.8 Å². The minimum atomic E-state index is -0.335. The van der Waals surface area contributed by atoms with Crippen LogP contribution < -0.4 is 4.74 Å². The molecule has 2 unspecified atom stereocenters. The maximum absolute atomic E-state index is 12.3. The number of nitrogens with zero attached hydrogens (tertiary/aromatic N) is 1. The van der Waals surface area contributed by atoms with E-state index in [0.717, 1.165) is 37.8 Å². The van der Waals surface area contributed by atoms with E-state index >= 15 is 0 Å². The lowest BCUT2D eigenvalue weighted by Crippen LogP contribution is -2.73. The summed E-state index contributed by atoms with van der Waals surface area (Å²) in [6, 6.07) is 4.53. The Balaban J connectivity index is 1.95. The summed E-state index contributed by atoms with van der Waals surface area (Å²) in [4.78, 5) is 26.9. The van der Waals surface area contributed by atoms with Gasteiger partial charge >= 0.3 is 0 Å². The summed E-state index contributed by atoms with van der Waals surface area (Å²) < 4.78 is 11.7. The van der Waals surface area contributed by atoms with Crippen LogP contribution in [-0.2, 0) is 16.6 Å². The van der Waals surface area contributed by atoms with E-state index in [9.17, 15) is 9.59 Å². The maximum atomic E-state index is 12.3. The Hall–Kier alpha value is -1.75. The van der Waals surface area contributed by atoms with Gasteiger partial charge in [0.25, 0.3) is 14.6 Å². The van der Waals surface area contributed by atoms with Gasteiger partial charge in [-0.25, -0.2) is 0 Å². The molecule has 1 saturated carbocycles. The van der Waals surface area contributed by atoms with E-state index in [1.54, 1.807) is 13.6 Å². The summed E-state index contributed by atoms with van der Waals surface area (Å²) in [6.07, 6.45) is 3.67. The van der Waals surface area contributed by atoms with Gasteiger partial charge in [0.1, 0.15) is 11.9 Å². The minimum Gasteiger partial charge on any atom is -0.470 e. The summed E-state index contributed by atoms with van der Waals surface area (Å²) in [5.74, 6) is 0.0535. The molecule has 2 bridgehead atoms. The second-order valence-electron chi connectivity index (χ2n) is 10.7. The van der Waals surface area contributed by atoms with E-state index < -0.39 is 0 Å². The number of benzene rings is 1. The lowest BCUT2D eigenvalue weighted by molar-refractivity contribution is -0.177. The molecule has 0 aromatic heterocycles. The third kappa shape index (κ3) is 3.03. The molecule has 3 aliphatic rings. The van der Waals surface area contributed by atoms with Crippen LogP contribution >= 0.6 is 0 Å². The predicted molar refractivity (Wildman–Crippen MR) is 128 cm³/mol. The van der Waals surface area contributed by atoms with Gasteiger partial charge in [0.15, 0.2) is 0 Å². The molecule has 2 radical (unpaired) electrons. The summed E-state index contributed by atoms with van der Waals surface area (Å²) in [6.45, 7) is 13.5. The molecule has 1 aromatic carbocycles. The summed E-state index contributed by atoms with van der Waals surface area (Å²) in [7, 11) is 5.21. The van der Waals surface area contributed by atoms with Crippen molar-refractivity contribution in [3.8, 4) is 5.75 Å². The maximum Gasteiger partial charge on any atom is 0.258 e. The van der Waals surface area contributed by atoms with Gasteiger partial charge in [-0.1, -0.05) is 40.5 Å². The Labute approximate surface area is 194 Å². The van der Waals surface area contributed by atoms with Crippen LogP contribution in [0.15, 0.2) is 12.1 Å². The van der Waals surface area contributed by atoms with Gasteiger partial charge in [0.2, 0.25) is 11.7 Å². The van der Waals surface area contributed by atoms with E-state index in [1.807, 2.05) is 6.07 Å². The Kier molecular flexibility index (Phi) is 5.80. The number of hydrogen-bond acceptors (Lipinski definition) is 5. The van der Waals surface area contributed by atoms with E-state index in [4.69, 9.17) is 9.47 Å². The third-order valence-corrected chi connectivity index (χ3v) is 9.19. The number of rotatable bonds is 4. The first-order chi connectivity index (χ1) is 15.0. The highest BCUT2D eigenvalue weighted by Gasteiger charge is 2.70. The highest BCUT2D eigenvalue weighted by Crippen LogP contribution is 2.70. The van der Waals surface area contributed by atoms with Crippen molar-refractivity contribution < 1.29 is 19.1 Å². The average Bonchev–Trinajstić information content (AvgIpc) is 2.74. The molecule has 0 N–H and O–H groups in total. The van der Waals surface area contributed by atoms with Crippen LogP contribution in [0.4, 0.5) is 9.59 Å². The van der Waals surface area contributed by atoms with Gasteiger partial charge in [-0.05, 0) is 74.4 Å². The number of ether oxygens (including phenoxy) is 2. The molecule has 0 amide bonds. The van der Waals surface area contributed by atoms with Gasteiger partial charge in [0.05, 0.1) is 0 Å². The number of carbonyl (C=O) groups is 2. The lowest BCUT2D eigenvalue weighted by atomic mass is 9.36. The molecule has 4 rings (SSSR count). The zero-order chi connectivity index (χ0) is 23.5. The first kappa shape index (κ1) is 23.4. The molecule has 2 fully saturated rings. The van der Waals surface area contributed by atoms with E-state index in [2.05, 4.69) is 45.7 Å². The van der Waals surface area contributed by atoms with Gasteiger partial charge in [-0.3, -0.25) is 9.59 Å². The van der Waals surface area contributed by atoms with Gasteiger partial charge in [-0.2, -0.15) is 0 Å². The smallest absolute Gasteiger partial charge is 0.258 e. The second-order valence-corrected chi connectivity index (χ2v) is 10.7. The molecule has 0 spiro atoms. The number of likely N-dealkylation sites (tertiary alicyclic amines) is 1. The van der Waals surface area contributed by atoms with Crippen molar-refractivity contribution >= 4 is 26.3 Å². The number of likely N-dealkylation sites (N-methyl/N-ethyl adjacent to an activating group) is 1. The van der Waals surface area contributed by atoms with Crippen LogP contribution in [0.2, 0.25) is 13.6 Å². The van der Waals surface area contributed by atoms with Crippen molar-refractivity contribution in [1.82, 2.24) is 4.90 Å². The molecule has 2 aliphatic carbocycles. The van der Waals surface area contributed by atoms with Crippen molar-refractivity contribution in [2.75, 3.05) is 13.6 Å². The lowest BCUT2D eigenvalue weighted by Gasteiger charge is -2.71. The number of fused-ring (bicyclic) bond motifs is 1. The predicted octanol–water partition coefficient (Wildman–Crippen LogP) is 4.83. The fraction of sp³-hybridized carbons (Fsp3) is 0.680. The number of carbonyl (C=O) groups excluding carboxylic acids is 2. The largest absolute Gasteiger partial charge is 0.470 e. The van der Waals surface area contributed by atoms with Crippen molar-refractivity contribution in [3.05, 3.63) is 28.8 Å². The van der Waals surface area contributed by atoms with Gasteiger partial charge < -0.3 is 14.4 Å². The average molecular weight is 435 g/mol. The standard InChI is InChI=1S/C25H35B2NO4/c1-15-17(31-21(29)26-5)9-8-16-14-18-24(4)11-10-19(32-22(30)27-6)23(2,3)25(24,20(15)16)12-13-28(18)7/h8-9,18-19H,10-14H2,1-7H3/t18-,19?,24?,25+/m1/s1. The normalized spacial score (nSPS) is 32.8. The van der Waals surface area contributed by atoms with E-state index in [1.165, 1.54) is 25.7 Å². The summed E-state index contributed by atoms with van der Waals surface area (Å²) in [5.41, 5.74) is 3.26. The van der Waals surface area contributed by atoms with Crippen molar-refractivity contribution in [1.29, 1.82) is 0 Å². The second kappa shape index (κ2) is 7.93. The van der Waals surface area contributed by atoms with Crippen molar-refractivity contribution in [3.63, 3.8) is 0 Å². The number of piperidine rings is 1. The van der Waals surface area contributed by atoms with Gasteiger partial charge in [-0.15, -0.1) is 0 Å². The molecule has 1 heterocycles. The Bertz CT molecular complexity index is 948. The Morgan fingerprint density at radius 1 is 1.09 bits per heavy atom. The zero-order valence-electron chi connectivity index (χ0n) is 20.6. The molecule has 170 valence electrons. The fourth-order valence-corrected chi connectivity index (χ4v) is 7.59. The quantitative estimate of drug-likeness (QED) is 0.635. The fourth-order valence-electron chi connectivity index (χ4n) is 7.59. The first-order valence-corrected chi connectivity index (χ1v) is 11.9. The van der Waals surface area contributed by atoms with Crippen molar-refractivity contribution in [2.45, 2.75) is 84.6 Å². The highest BCUT2D eigenvalue weighted by atomic mass is 16.5. The van der Waals surface area contributed by atoms with Crippen LogP contribution in [0.1, 0.15) is 56.7 Å². The van der Waals surface area contributed by atoms with E-state index in [-0.39, 0.29) is 34.1 Å².